The van der Waals surface area contributed by atoms with Gasteiger partial charge in [0.1, 0.15) is 11.5 Å². The van der Waals surface area contributed by atoms with Crippen molar-refractivity contribution >= 4 is 28.1 Å². The molecule has 0 radical (unpaired) electrons. The van der Waals surface area contributed by atoms with Crippen molar-refractivity contribution in [3.8, 4) is 11.5 Å². The van der Waals surface area contributed by atoms with Crippen LogP contribution in [0.1, 0.15) is 38.2 Å². The Kier molecular flexibility index (Phi) is 3.89. The molecule has 0 bridgehead atoms. The van der Waals surface area contributed by atoms with Crippen molar-refractivity contribution in [1.29, 1.82) is 0 Å². The molecule has 22 heavy (non-hydrogen) atoms. The Hall–Kier alpha value is -1.56. The number of hydrogen-bond donors (Lipinski definition) is 3. The molecule has 3 atom stereocenters. The molecule has 3 N–H and O–H groups in total. The van der Waals surface area contributed by atoms with Crippen LogP contribution in [0, 0.1) is 17.3 Å². The van der Waals surface area contributed by atoms with E-state index in [1.807, 2.05) is 0 Å². The predicted octanol–water partition coefficient (Wildman–Crippen LogP) is 3.14. The first-order valence-corrected chi connectivity index (χ1v) is 8.27. The molecule has 0 heterocycles. The molecule has 5 nitrogen and oxygen atoms in total. The summed E-state index contributed by atoms with van der Waals surface area (Å²) in [5.74, 6) is 0.377. The minimum atomic E-state index is -0.0919. The molecule has 0 saturated heterocycles. The van der Waals surface area contributed by atoms with Gasteiger partial charge >= 0.3 is 0 Å². The fourth-order valence-electron chi connectivity index (χ4n) is 3.76. The summed E-state index contributed by atoms with van der Waals surface area (Å²) >= 11 is 3.17. The third kappa shape index (κ3) is 2.60. The Morgan fingerprint density at radius 1 is 1.41 bits per heavy atom. The van der Waals surface area contributed by atoms with E-state index >= 15 is 0 Å². The summed E-state index contributed by atoms with van der Waals surface area (Å²) in [6.07, 6.45) is 6.04. The molecule has 118 valence electrons. The van der Waals surface area contributed by atoms with Crippen LogP contribution in [-0.2, 0) is 4.79 Å². The van der Waals surface area contributed by atoms with Gasteiger partial charge in [-0.2, -0.15) is 5.10 Å². The summed E-state index contributed by atoms with van der Waals surface area (Å²) in [6, 6.07) is 2.77. The summed E-state index contributed by atoms with van der Waals surface area (Å²) in [4.78, 5) is 12.2. The number of aromatic hydroxyl groups is 2. The zero-order chi connectivity index (χ0) is 15.9. The number of rotatable bonds is 3. The minimum Gasteiger partial charge on any atom is -0.507 e. The van der Waals surface area contributed by atoms with Gasteiger partial charge in [0.2, 0.25) is 5.91 Å². The number of hydrazone groups is 1. The lowest BCUT2D eigenvalue weighted by Gasteiger charge is -2.15. The Morgan fingerprint density at radius 2 is 2.18 bits per heavy atom. The highest BCUT2D eigenvalue weighted by Crippen LogP contribution is 2.66. The van der Waals surface area contributed by atoms with Crippen molar-refractivity contribution in [2.75, 3.05) is 0 Å². The smallest absolute Gasteiger partial charge is 0.244 e. The zero-order valence-electron chi connectivity index (χ0n) is 12.3. The first kappa shape index (κ1) is 15.3. The van der Waals surface area contributed by atoms with Gasteiger partial charge in [0.25, 0.3) is 0 Å². The molecule has 0 aliphatic heterocycles. The van der Waals surface area contributed by atoms with Gasteiger partial charge in [-0.15, -0.1) is 0 Å². The number of phenols is 2. The van der Waals surface area contributed by atoms with E-state index in [1.54, 1.807) is 6.07 Å². The normalized spacial score (nSPS) is 30.1. The van der Waals surface area contributed by atoms with Gasteiger partial charge in [-0.3, -0.25) is 4.79 Å². The number of carbonyl (C=O) groups is 1. The molecule has 0 unspecified atom stereocenters. The van der Waals surface area contributed by atoms with Gasteiger partial charge in [-0.25, -0.2) is 5.43 Å². The summed E-state index contributed by atoms with van der Waals surface area (Å²) < 4.78 is 0.457. The van der Waals surface area contributed by atoms with Crippen LogP contribution in [0.2, 0.25) is 0 Å². The van der Waals surface area contributed by atoms with Gasteiger partial charge in [-0.05, 0) is 46.2 Å². The van der Waals surface area contributed by atoms with Crippen LogP contribution in [-0.4, -0.2) is 22.3 Å². The number of nitrogens with zero attached hydrogens (tertiary/aromatic N) is 1. The Balaban J connectivity index is 1.63. The molecule has 0 spiro atoms. The fraction of sp³-hybridized carbons (Fsp3) is 0.500. The lowest BCUT2D eigenvalue weighted by Crippen LogP contribution is -2.22. The predicted molar refractivity (Wildman–Crippen MR) is 86.8 cm³/mol. The topological polar surface area (TPSA) is 81.9 Å². The Bertz CT molecular complexity index is 647. The molecule has 3 rings (SSSR count). The second-order valence-corrected chi connectivity index (χ2v) is 7.29. The zero-order valence-corrected chi connectivity index (χ0v) is 13.9. The number of carbonyl (C=O) groups excluding carboxylic acids is 1. The molecule has 1 aromatic rings. The highest BCUT2D eigenvalue weighted by Gasteiger charge is 2.64. The maximum Gasteiger partial charge on any atom is 0.244 e. The molecule has 2 saturated carbocycles. The maximum absolute atomic E-state index is 12.2. The van der Waals surface area contributed by atoms with Gasteiger partial charge in [0.15, 0.2) is 0 Å². The Morgan fingerprint density at radius 3 is 2.86 bits per heavy atom. The van der Waals surface area contributed by atoms with Crippen LogP contribution in [0.3, 0.4) is 0 Å². The SMILES string of the molecule is C[C@@]12CCCC[C@@H]1[C@@H]2C(=O)N/N=C/c1cc(Br)c(O)cc1O. The summed E-state index contributed by atoms with van der Waals surface area (Å²) in [6.45, 7) is 2.19. The molecule has 1 amide bonds. The third-order valence-corrected chi connectivity index (χ3v) is 5.72. The van der Waals surface area contributed by atoms with E-state index in [-0.39, 0.29) is 28.7 Å². The first-order valence-electron chi connectivity index (χ1n) is 7.48. The monoisotopic (exact) mass is 366 g/mol. The highest BCUT2D eigenvalue weighted by atomic mass is 79.9. The van der Waals surface area contributed by atoms with Crippen LogP contribution in [0.5, 0.6) is 11.5 Å². The van der Waals surface area contributed by atoms with E-state index < -0.39 is 0 Å². The van der Waals surface area contributed by atoms with Crippen LogP contribution < -0.4 is 5.43 Å². The van der Waals surface area contributed by atoms with Crippen molar-refractivity contribution in [1.82, 2.24) is 5.43 Å². The van der Waals surface area contributed by atoms with E-state index in [0.717, 1.165) is 12.8 Å². The third-order valence-electron chi connectivity index (χ3n) is 5.09. The average molecular weight is 367 g/mol. The number of fused-ring (bicyclic) bond motifs is 1. The lowest BCUT2D eigenvalue weighted by atomic mass is 9.90. The minimum absolute atomic E-state index is 0.0389. The number of nitrogens with one attached hydrogen (secondary N) is 1. The van der Waals surface area contributed by atoms with Crippen LogP contribution in [0.25, 0.3) is 0 Å². The van der Waals surface area contributed by atoms with Gasteiger partial charge < -0.3 is 10.2 Å². The Labute approximate surface area is 137 Å². The standard InChI is InChI=1S/C16H19BrN2O3/c1-16-5-3-2-4-10(16)14(16)15(22)19-18-8-9-6-11(17)13(21)7-12(9)20/h6-8,10,14,20-21H,2-5H2,1H3,(H,19,22)/b18-8+/t10-,14-,16-/m1/s1. The van der Waals surface area contributed by atoms with Crippen molar-refractivity contribution in [2.45, 2.75) is 32.6 Å². The van der Waals surface area contributed by atoms with E-state index in [2.05, 4.69) is 33.4 Å². The molecule has 0 aromatic heterocycles. The van der Waals surface area contributed by atoms with Crippen LogP contribution >= 0.6 is 15.9 Å². The van der Waals surface area contributed by atoms with Crippen molar-refractivity contribution < 1.29 is 15.0 Å². The van der Waals surface area contributed by atoms with Gasteiger partial charge in [-0.1, -0.05) is 19.8 Å². The van der Waals surface area contributed by atoms with E-state index in [4.69, 9.17) is 0 Å². The van der Waals surface area contributed by atoms with Gasteiger partial charge in [0, 0.05) is 17.5 Å². The van der Waals surface area contributed by atoms with Crippen molar-refractivity contribution in [2.24, 2.45) is 22.4 Å². The molecule has 2 aliphatic rings. The first-order chi connectivity index (χ1) is 10.4. The number of phenolic OH excluding ortho intramolecular Hbond substituents is 2. The summed E-state index contributed by atoms with van der Waals surface area (Å²) in [5.41, 5.74) is 3.15. The number of halogens is 1. The fourth-order valence-corrected chi connectivity index (χ4v) is 4.12. The lowest BCUT2D eigenvalue weighted by molar-refractivity contribution is -0.123. The summed E-state index contributed by atoms with van der Waals surface area (Å²) in [5, 5.41) is 23.1. The quantitative estimate of drug-likeness (QED) is 0.567. The largest absolute Gasteiger partial charge is 0.507 e. The highest BCUT2D eigenvalue weighted by molar-refractivity contribution is 9.10. The second-order valence-electron chi connectivity index (χ2n) is 6.43. The van der Waals surface area contributed by atoms with Gasteiger partial charge in [0.05, 0.1) is 10.7 Å². The van der Waals surface area contributed by atoms with Crippen molar-refractivity contribution in [3.63, 3.8) is 0 Å². The molecule has 1 aromatic carbocycles. The van der Waals surface area contributed by atoms with E-state index in [1.165, 1.54) is 25.1 Å². The van der Waals surface area contributed by atoms with E-state index in [0.29, 0.717) is 16.0 Å². The second kappa shape index (κ2) is 5.57. The number of amides is 1. The van der Waals surface area contributed by atoms with Crippen molar-refractivity contribution in [3.05, 3.63) is 22.2 Å². The van der Waals surface area contributed by atoms with E-state index in [9.17, 15) is 15.0 Å². The molecule has 2 aliphatic carbocycles. The molecular formula is C16H19BrN2O3. The average Bonchev–Trinajstić information content (AvgIpc) is 3.10. The van der Waals surface area contributed by atoms with Crippen LogP contribution in [0.4, 0.5) is 0 Å². The molecule has 6 heteroatoms. The molecule has 2 fully saturated rings. The summed E-state index contributed by atoms with van der Waals surface area (Å²) in [7, 11) is 0. The maximum atomic E-state index is 12.2. The number of hydrogen-bond acceptors (Lipinski definition) is 4. The van der Waals surface area contributed by atoms with Crippen LogP contribution in [0.15, 0.2) is 21.7 Å². The number of benzene rings is 1. The molecular weight excluding hydrogens is 348 g/mol.